The van der Waals surface area contributed by atoms with Crippen LogP contribution in [0.1, 0.15) is 24.8 Å². The fourth-order valence-corrected chi connectivity index (χ4v) is 4.24. The van der Waals surface area contributed by atoms with Crippen molar-refractivity contribution in [1.29, 1.82) is 0 Å². The van der Waals surface area contributed by atoms with Gasteiger partial charge in [0.25, 0.3) is 0 Å². The van der Waals surface area contributed by atoms with Crippen LogP contribution >= 0.6 is 23.5 Å². The first-order valence-electron chi connectivity index (χ1n) is 7.23. The van der Waals surface area contributed by atoms with Crippen LogP contribution in [0.3, 0.4) is 0 Å². The molecule has 2 rings (SSSR count). The van der Waals surface area contributed by atoms with Gasteiger partial charge in [-0.2, -0.15) is 11.8 Å². The van der Waals surface area contributed by atoms with Crippen molar-refractivity contribution in [2.45, 2.75) is 35.4 Å². The van der Waals surface area contributed by atoms with Crippen LogP contribution in [0.25, 0.3) is 0 Å². The molecule has 0 unspecified atom stereocenters. The smallest absolute Gasteiger partial charge is 0.161 e. The third-order valence-corrected chi connectivity index (χ3v) is 6.49. The molecule has 3 nitrogen and oxygen atoms in total. The van der Waals surface area contributed by atoms with Gasteiger partial charge in [-0.25, -0.2) is 0 Å². The number of benzene rings is 1. The van der Waals surface area contributed by atoms with Crippen molar-refractivity contribution in [2.24, 2.45) is 0 Å². The molecule has 0 amide bonds. The number of rotatable bonds is 8. The lowest BCUT2D eigenvalue weighted by atomic mass is 9.84. The number of thioether (sulfide) groups is 2. The molecule has 0 atom stereocenters. The van der Waals surface area contributed by atoms with E-state index < -0.39 is 0 Å². The van der Waals surface area contributed by atoms with E-state index in [0.717, 1.165) is 24.6 Å². The molecule has 1 saturated carbocycles. The maximum atomic E-state index is 5.41. The van der Waals surface area contributed by atoms with Gasteiger partial charge >= 0.3 is 0 Å². The molecule has 1 aliphatic rings. The first-order valence-corrected chi connectivity index (χ1v) is 9.68. The molecule has 0 radical (unpaired) electrons. The summed E-state index contributed by atoms with van der Waals surface area (Å²) in [4.78, 5) is 1.24. The second-order valence-electron chi connectivity index (χ2n) is 5.36. The number of hydrogen-bond donors (Lipinski definition) is 1. The molecule has 1 aromatic rings. The van der Waals surface area contributed by atoms with Gasteiger partial charge in [0.2, 0.25) is 0 Å². The minimum Gasteiger partial charge on any atom is -0.493 e. The van der Waals surface area contributed by atoms with Gasteiger partial charge in [0.1, 0.15) is 0 Å². The molecular formula is C16H25NO2S2. The predicted molar refractivity (Wildman–Crippen MR) is 93.1 cm³/mol. The second-order valence-corrected chi connectivity index (χ2v) is 7.49. The van der Waals surface area contributed by atoms with E-state index in [0.29, 0.717) is 4.75 Å². The Morgan fingerprint density at radius 3 is 2.29 bits per heavy atom. The quantitative estimate of drug-likeness (QED) is 0.734. The highest BCUT2D eigenvalue weighted by Crippen LogP contribution is 2.42. The van der Waals surface area contributed by atoms with E-state index in [4.69, 9.17) is 9.47 Å². The number of ether oxygens (including phenoxy) is 2. The van der Waals surface area contributed by atoms with Crippen LogP contribution in [0.15, 0.2) is 17.0 Å². The molecule has 1 N–H and O–H groups in total. The first-order chi connectivity index (χ1) is 10.2. The molecule has 0 bridgehead atoms. The molecule has 118 valence electrons. The fraction of sp³-hybridized carbons (Fsp3) is 0.625. The zero-order valence-electron chi connectivity index (χ0n) is 13.3. The first kappa shape index (κ1) is 16.8. The monoisotopic (exact) mass is 327 g/mol. The number of hydrogen-bond acceptors (Lipinski definition) is 5. The van der Waals surface area contributed by atoms with E-state index in [9.17, 15) is 0 Å². The average molecular weight is 328 g/mol. The summed E-state index contributed by atoms with van der Waals surface area (Å²) in [5.74, 6) is 1.60. The van der Waals surface area contributed by atoms with Crippen LogP contribution < -0.4 is 14.8 Å². The summed E-state index contributed by atoms with van der Waals surface area (Å²) in [6.45, 7) is 1.95. The highest BCUT2D eigenvalue weighted by atomic mass is 32.2. The molecule has 1 aliphatic carbocycles. The van der Waals surface area contributed by atoms with Gasteiger partial charge in [-0.15, -0.1) is 11.8 Å². The third kappa shape index (κ3) is 3.82. The Morgan fingerprint density at radius 2 is 1.81 bits per heavy atom. The van der Waals surface area contributed by atoms with Crippen LogP contribution in [0, 0.1) is 0 Å². The summed E-state index contributed by atoms with van der Waals surface area (Å²) >= 11 is 3.75. The van der Waals surface area contributed by atoms with Crippen molar-refractivity contribution < 1.29 is 9.47 Å². The van der Waals surface area contributed by atoms with Crippen LogP contribution in [0.5, 0.6) is 11.5 Å². The molecule has 0 spiro atoms. The van der Waals surface area contributed by atoms with E-state index in [2.05, 4.69) is 30.0 Å². The van der Waals surface area contributed by atoms with Gasteiger partial charge < -0.3 is 14.8 Å². The Balaban J connectivity index is 2.04. The highest BCUT2D eigenvalue weighted by Gasteiger charge is 2.35. The van der Waals surface area contributed by atoms with E-state index >= 15 is 0 Å². The Kier molecular flexibility index (Phi) is 6.14. The van der Waals surface area contributed by atoms with Gasteiger partial charge in [-0.05, 0) is 43.0 Å². The highest BCUT2D eigenvalue weighted by molar-refractivity contribution is 8.00. The van der Waals surface area contributed by atoms with Crippen molar-refractivity contribution in [3.63, 3.8) is 0 Å². The molecule has 1 aromatic carbocycles. The lowest BCUT2D eigenvalue weighted by molar-refractivity contribution is 0.343. The van der Waals surface area contributed by atoms with Crippen LogP contribution in [0.2, 0.25) is 0 Å². The van der Waals surface area contributed by atoms with Crippen LogP contribution in [-0.2, 0) is 6.54 Å². The number of methoxy groups -OCH3 is 2. The van der Waals surface area contributed by atoms with Crippen molar-refractivity contribution in [2.75, 3.05) is 33.3 Å². The zero-order valence-corrected chi connectivity index (χ0v) is 15.0. The third-order valence-electron chi connectivity index (χ3n) is 4.25. The van der Waals surface area contributed by atoms with Crippen molar-refractivity contribution in [1.82, 2.24) is 5.32 Å². The van der Waals surface area contributed by atoms with Gasteiger partial charge in [-0.3, -0.25) is 0 Å². The molecular weight excluding hydrogens is 302 g/mol. The maximum Gasteiger partial charge on any atom is 0.161 e. The summed E-state index contributed by atoms with van der Waals surface area (Å²) in [6, 6.07) is 4.15. The number of nitrogens with one attached hydrogen (secondary N) is 1. The van der Waals surface area contributed by atoms with E-state index in [1.807, 2.05) is 11.8 Å². The molecule has 5 heteroatoms. The van der Waals surface area contributed by atoms with Crippen molar-refractivity contribution in [3.05, 3.63) is 17.7 Å². The molecule has 1 fully saturated rings. The molecule has 0 aromatic heterocycles. The lowest BCUT2D eigenvalue weighted by Gasteiger charge is -2.40. The fourth-order valence-electron chi connectivity index (χ4n) is 2.68. The van der Waals surface area contributed by atoms with Crippen LogP contribution in [0.4, 0.5) is 0 Å². The molecule has 0 aliphatic heterocycles. The minimum absolute atomic E-state index is 0.468. The van der Waals surface area contributed by atoms with Gasteiger partial charge in [0.15, 0.2) is 11.5 Å². The molecule has 21 heavy (non-hydrogen) atoms. The maximum absolute atomic E-state index is 5.41. The van der Waals surface area contributed by atoms with Gasteiger partial charge in [-0.1, -0.05) is 6.42 Å². The zero-order chi connectivity index (χ0) is 15.3. The summed E-state index contributed by atoms with van der Waals surface area (Å²) in [6.07, 6.45) is 8.37. The summed E-state index contributed by atoms with van der Waals surface area (Å²) in [5, 5.41) is 3.63. The standard InChI is InChI=1S/C16H25NO2S2/c1-18-13-8-12(15(20-3)9-14(13)19-2)10-17-11-16(21-4)6-5-7-16/h8-9,17H,5-7,10-11H2,1-4H3. The van der Waals surface area contributed by atoms with Crippen LogP contribution in [-0.4, -0.2) is 38.0 Å². The van der Waals surface area contributed by atoms with E-state index in [-0.39, 0.29) is 0 Å². The molecule has 0 saturated heterocycles. The summed E-state index contributed by atoms with van der Waals surface area (Å²) < 4.78 is 11.3. The second kappa shape index (κ2) is 7.65. The SMILES string of the molecule is COc1cc(CNCC2(SC)CCC2)c(SC)cc1OC. The largest absolute Gasteiger partial charge is 0.493 e. The predicted octanol–water partition coefficient (Wildman–Crippen LogP) is 3.80. The van der Waals surface area contributed by atoms with Crippen molar-refractivity contribution >= 4 is 23.5 Å². The van der Waals surface area contributed by atoms with E-state index in [1.54, 1.807) is 26.0 Å². The molecule has 0 heterocycles. The van der Waals surface area contributed by atoms with E-state index in [1.165, 1.54) is 29.7 Å². The Morgan fingerprint density at radius 1 is 1.14 bits per heavy atom. The Labute approximate surface area is 136 Å². The topological polar surface area (TPSA) is 30.5 Å². The lowest BCUT2D eigenvalue weighted by Crippen LogP contribution is -2.43. The van der Waals surface area contributed by atoms with Crippen molar-refractivity contribution in [3.8, 4) is 11.5 Å². The average Bonchev–Trinajstić information content (AvgIpc) is 2.49. The van der Waals surface area contributed by atoms with Gasteiger partial charge in [0, 0.05) is 22.7 Å². The Hall–Kier alpha value is -0.520. The minimum atomic E-state index is 0.468. The normalized spacial score (nSPS) is 16.4. The summed E-state index contributed by atoms with van der Waals surface area (Å²) in [5.41, 5.74) is 1.27. The summed E-state index contributed by atoms with van der Waals surface area (Å²) in [7, 11) is 3.36. The Bertz CT molecular complexity index is 470. The van der Waals surface area contributed by atoms with Gasteiger partial charge in [0.05, 0.1) is 14.2 Å².